The van der Waals surface area contributed by atoms with Gasteiger partial charge in [-0.2, -0.15) is 0 Å². The van der Waals surface area contributed by atoms with Crippen molar-refractivity contribution in [2.75, 3.05) is 20.4 Å². The predicted molar refractivity (Wildman–Crippen MR) is 102 cm³/mol. The van der Waals surface area contributed by atoms with Gasteiger partial charge in [0.25, 0.3) is 0 Å². The molecule has 0 amide bonds. The summed E-state index contributed by atoms with van der Waals surface area (Å²) >= 11 is 5.98. The normalized spacial score (nSPS) is 12.5. The molecule has 5 nitrogen and oxygen atoms in total. The van der Waals surface area contributed by atoms with Gasteiger partial charge in [-0.15, -0.1) is 0 Å². The third kappa shape index (κ3) is 3.70. The quantitative estimate of drug-likeness (QED) is 0.808. The van der Waals surface area contributed by atoms with Crippen LogP contribution in [-0.2, 0) is 0 Å². The second-order valence-corrected chi connectivity index (χ2v) is 5.76. The van der Waals surface area contributed by atoms with Gasteiger partial charge in [-0.1, -0.05) is 23.7 Å². The van der Waals surface area contributed by atoms with Gasteiger partial charge in [0.2, 0.25) is 5.75 Å². The number of benzene rings is 2. The van der Waals surface area contributed by atoms with E-state index in [0.717, 1.165) is 5.56 Å². The maximum Gasteiger partial charge on any atom is 0.201 e. The van der Waals surface area contributed by atoms with Gasteiger partial charge in [0.05, 0.1) is 7.11 Å². The molecule has 1 aliphatic heterocycles. The minimum atomic E-state index is -0.675. The Hall–Kier alpha value is -2.86. The molecule has 0 aliphatic carbocycles. The lowest BCUT2D eigenvalue weighted by Gasteiger charge is -2.17. The molecule has 7 heteroatoms. The van der Waals surface area contributed by atoms with Crippen molar-refractivity contribution < 1.29 is 19.0 Å². The SMILES string of the molecule is COc1c(O)c(OCCF)cc(C=C2N=CC=N2)c1-c1ccc(Cl)cc1. The molecule has 0 unspecified atom stereocenters. The van der Waals surface area contributed by atoms with Crippen LogP contribution in [0, 0.1) is 0 Å². The van der Waals surface area contributed by atoms with E-state index >= 15 is 0 Å². The summed E-state index contributed by atoms with van der Waals surface area (Å²) in [6.07, 6.45) is 4.88. The van der Waals surface area contributed by atoms with E-state index in [4.69, 9.17) is 21.1 Å². The van der Waals surface area contributed by atoms with Crippen molar-refractivity contribution in [1.82, 2.24) is 0 Å². The first-order chi connectivity index (χ1) is 12.6. The lowest BCUT2D eigenvalue weighted by atomic mass is 9.97. The molecule has 134 valence electrons. The highest BCUT2D eigenvalue weighted by Crippen LogP contribution is 2.47. The largest absolute Gasteiger partial charge is 0.502 e. The van der Waals surface area contributed by atoms with Crippen molar-refractivity contribution in [2.45, 2.75) is 0 Å². The molecule has 1 aliphatic rings. The zero-order chi connectivity index (χ0) is 18.5. The van der Waals surface area contributed by atoms with Gasteiger partial charge in [0, 0.05) is 23.0 Å². The number of hydrogen-bond donors (Lipinski definition) is 1. The Bertz CT molecular complexity index is 879. The van der Waals surface area contributed by atoms with E-state index in [1.54, 1.807) is 36.7 Å². The molecule has 2 aromatic carbocycles. The van der Waals surface area contributed by atoms with Crippen molar-refractivity contribution >= 4 is 30.1 Å². The maximum absolute atomic E-state index is 12.5. The van der Waals surface area contributed by atoms with Gasteiger partial charge in [-0.05, 0) is 35.4 Å². The summed E-state index contributed by atoms with van der Waals surface area (Å²) in [4.78, 5) is 8.28. The van der Waals surface area contributed by atoms with Gasteiger partial charge in [-0.25, -0.2) is 14.4 Å². The number of aliphatic imine (C=N–C) groups is 2. The van der Waals surface area contributed by atoms with E-state index in [0.29, 0.717) is 22.0 Å². The van der Waals surface area contributed by atoms with E-state index in [9.17, 15) is 9.50 Å². The fourth-order valence-electron chi connectivity index (χ4n) is 2.59. The Balaban J connectivity index is 2.23. The summed E-state index contributed by atoms with van der Waals surface area (Å²) in [5.41, 5.74) is 2.05. The van der Waals surface area contributed by atoms with Crippen LogP contribution in [0.1, 0.15) is 5.56 Å². The molecule has 0 radical (unpaired) electrons. The number of hydrogen-bond acceptors (Lipinski definition) is 5. The van der Waals surface area contributed by atoms with Crippen LogP contribution in [0.5, 0.6) is 17.2 Å². The van der Waals surface area contributed by atoms with Crippen LogP contribution in [0.3, 0.4) is 0 Å². The second kappa shape index (κ2) is 8.01. The molecule has 0 fully saturated rings. The summed E-state index contributed by atoms with van der Waals surface area (Å²) < 4.78 is 23.2. The van der Waals surface area contributed by atoms with Crippen molar-refractivity contribution in [3.63, 3.8) is 0 Å². The molecule has 1 N–H and O–H groups in total. The number of nitrogens with zero attached hydrogens (tertiary/aromatic N) is 2. The molecule has 0 saturated carbocycles. The monoisotopic (exact) mass is 374 g/mol. The molecule has 2 aromatic rings. The number of alkyl halides is 1. The van der Waals surface area contributed by atoms with Gasteiger partial charge in [0.1, 0.15) is 13.3 Å². The minimum Gasteiger partial charge on any atom is -0.502 e. The fourth-order valence-corrected chi connectivity index (χ4v) is 2.72. The lowest BCUT2D eigenvalue weighted by molar-refractivity contribution is 0.258. The molecule has 3 rings (SSSR count). The second-order valence-electron chi connectivity index (χ2n) is 5.32. The highest BCUT2D eigenvalue weighted by Gasteiger charge is 2.21. The van der Waals surface area contributed by atoms with Crippen LogP contribution in [0.25, 0.3) is 17.2 Å². The lowest BCUT2D eigenvalue weighted by Crippen LogP contribution is -2.01. The first-order valence-corrected chi connectivity index (χ1v) is 8.19. The van der Waals surface area contributed by atoms with Crippen LogP contribution >= 0.6 is 11.6 Å². The van der Waals surface area contributed by atoms with Crippen LogP contribution in [0.2, 0.25) is 5.02 Å². The van der Waals surface area contributed by atoms with Crippen LogP contribution < -0.4 is 9.47 Å². The number of rotatable bonds is 6. The molecule has 0 saturated heterocycles. The Morgan fingerprint density at radius 2 is 1.88 bits per heavy atom. The molecular weight excluding hydrogens is 359 g/mol. The van der Waals surface area contributed by atoms with Crippen molar-refractivity contribution in [3.8, 4) is 28.4 Å². The van der Waals surface area contributed by atoms with Gasteiger partial charge in [-0.3, -0.25) is 0 Å². The molecular formula is C19H16ClFN2O3. The highest BCUT2D eigenvalue weighted by atomic mass is 35.5. The standard InChI is InChI=1S/C19H16ClFN2O3/c1-25-19-17(12-2-4-14(20)5-3-12)13(11-16-22-7-8-23-16)10-15(18(19)24)26-9-6-21/h2-5,7-8,10-11,24H,6,9H2,1H3. The molecule has 0 spiro atoms. The Kier molecular flexibility index (Phi) is 5.53. The number of phenolic OH excluding ortho intramolecular Hbond substituents is 1. The first kappa shape index (κ1) is 17.9. The predicted octanol–water partition coefficient (Wildman–Crippen LogP) is 4.52. The van der Waals surface area contributed by atoms with E-state index in [1.165, 1.54) is 7.11 Å². The zero-order valence-electron chi connectivity index (χ0n) is 13.9. The summed E-state index contributed by atoms with van der Waals surface area (Å²) in [6.45, 7) is -0.852. The zero-order valence-corrected chi connectivity index (χ0v) is 14.7. The van der Waals surface area contributed by atoms with Gasteiger partial charge in [0.15, 0.2) is 17.3 Å². The molecule has 0 atom stereocenters. The fraction of sp³-hybridized carbons (Fsp3) is 0.158. The Morgan fingerprint density at radius 3 is 2.50 bits per heavy atom. The third-order valence-electron chi connectivity index (χ3n) is 3.69. The van der Waals surface area contributed by atoms with E-state index in [-0.39, 0.29) is 23.9 Å². The Morgan fingerprint density at radius 1 is 1.19 bits per heavy atom. The van der Waals surface area contributed by atoms with Crippen LogP contribution in [0.4, 0.5) is 4.39 Å². The number of ether oxygens (including phenoxy) is 2. The molecule has 26 heavy (non-hydrogen) atoms. The summed E-state index contributed by atoms with van der Waals surface area (Å²) in [7, 11) is 1.44. The van der Waals surface area contributed by atoms with Gasteiger partial charge < -0.3 is 14.6 Å². The molecule has 0 bridgehead atoms. The number of halogens is 2. The third-order valence-corrected chi connectivity index (χ3v) is 3.94. The summed E-state index contributed by atoms with van der Waals surface area (Å²) in [5.74, 6) is 0.618. The topological polar surface area (TPSA) is 63.4 Å². The van der Waals surface area contributed by atoms with Crippen molar-refractivity contribution in [2.24, 2.45) is 9.98 Å². The molecule has 1 heterocycles. The van der Waals surface area contributed by atoms with E-state index in [1.807, 2.05) is 12.1 Å². The number of methoxy groups -OCH3 is 1. The van der Waals surface area contributed by atoms with E-state index < -0.39 is 6.67 Å². The number of phenols is 1. The smallest absolute Gasteiger partial charge is 0.201 e. The Labute approximate surface area is 155 Å². The average molecular weight is 375 g/mol. The van der Waals surface area contributed by atoms with Crippen LogP contribution in [-0.4, -0.2) is 37.9 Å². The van der Waals surface area contributed by atoms with Crippen molar-refractivity contribution in [1.29, 1.82) is 0 Å². The summed E-state index contributed by atoms with van der Waals surface area (Å²) in [6, 6.07) is 8.71. The summed E-state index contributed by atoms with van der Waals surface area (Å²) in [5, 5.41) is 11.1. The average Bonchev–Trinajstić information content (AvgIpc) is 3.15. The highest BCUT2D eigenvalue weighted by molar-refractivity contribution is 6.30. The molecule has 0 aromatic heterocycles. The maximum atomic E-state index is 12.5. The first-order valence-electron chi connectivity index (χ1n) is 7.81. The van der Waals surface area contributed by atoms with Crippen LogP contribution in [0.15, 0.2) is 46.1 Å². The van der Waals surface area contributed by atoms with E-state index in [2.05, 4.69) is 9.98 Å². The minimum absolute atomic E-state index is 0.120. The van der Waals surface area contributed by atoms with Crippen molar-refractivity contribution in [3.05, 3.63) is 46.7 Å². The number of aromatic hydroxyl groups is 1. The van der Waals surface area contributed by atoms with Gasteiger partial charge >= 0.3 is 0 Å².